The molecule has 1 aromatic carbocycles. The Morgan fingerprint density at radius 2 is 2.00 bits per heavy atom. The first-order valence-corrected chi connectivity index (χ1v) is 7.25. The summed E-state index contributed by atoms with van der Waals surface area (Å²) < 4.78 is 44.3. The maximum atomic E-state index is 13.7. The molecule has 0 aliphatic rings. The lowest BCUT2D eigenvalue weighted by Gasteiger charge is -2.32. The number of nitrogen functional groups attached to an aromatic ring is 1. The normalized spacial score (nSPS) is 12.8. The number of likely N-dealkylation sites (N-methyl/N-ethyl adjacent to an activating group) is 1. The maximum absolute atomic E-state index is 13.7. The zero-order valence-corrected chi connectivity index (χ0v) is 12.7. The number of hydrogen-bond acceptors (Lipinski definition) is 5. The molecule has 0 heterocycles. The van der Waals surface area contributed by atoms with Crippen molar-refractivity contribution in [2.45, 2.75) is 24.3 Å². The molecule has 0 saturated carbocycles. The molecule has 0 radical (unpaired) electrons. The summed E-state index contributed by atoms with van der Waals surface area (Å²) in [5.41, 5.74) is 4.44. The third-order valence-electron chi connectivity index (χ3n) is 3.15. The highest BCUT2D eigenvalue weighted by Gasteiger charge is 2.34. The van der Waals surface area contributed by atoms with Gasteiger partial charge in [0.25, 0.3) is 0 Å². The second-order valence-electron chi connectivity index (χ2n) is 4.97. The topological polar surface area (TPSA) is 92.9 Å². The molecule has 0 aromatic heterocycles. The van der Waals surface area contributed by atoms with E-state index in [-0.39, 0.29) is 22.9 Å². The molecule has 0 fully saturated rings. The van der Waals surface area contributed by atoms with Gasteiger partial charge in [0, 0.05) is 7.05 Å². The first kappa shape index (κ1) is 16.7. The predicted octanol–water partition coefficient (Wildman–Crippen LogP) is 0.808. The van der Waals surface area contributed by atoms with Gasteiger partial charge in [-0.05, 0) is 26.0 Å². The van der Waals surface area contributed by atoms with Crippen LogP contribution in [0.1, 0.15) is 13.8 Å². The molecule has 1 aromatic rings. The summed E-state index contributed by atoms with van der Waals surface area (Å²) in [6.45, 7) is 2.72. The first-order valence-electron chi connectivity index (χ1n) is 5.81. The van der Waals surface area contributed by atoms with Crippen molar-refractivity contribution in [2.24, 2.45) is 0 Å². The van der Waals surface area contributed by atoms with Crippen LogP contribution < -0.4 is 10.5 Å². The van der Waals surface area contributed by atoms with Gasteiger partial charge in [0.05, 0.1) is 29.8 Å². The van der Waals surface area contributed by atoms with E-state index in [4.69, 9.17) is 10.5 Å². The van der Waals surface area contributed by atoms with E-state index in [9.17, 15) is 17.9 Å². The van der Waals surface area contributed by atoms with Crippen molar-refractivity contribution in [3.05, 3.63) is 17.9 Å². The zero-order chi connectivity index (χ0) is 15.7. The quantitative estimate of drug-likeness (QED) is 0.785. The van der Waals surface area contributed by atoms with Gasteiger partial charge in [-0.3, -0.25) is 0 Å². The molecule has 0 atom stereocenters. The van der Waals surface area contributed by atoms with Gasteiger partial charge in [0.1, 0.15) is 0 Å². The largest absolute Gasteiger partial charge is 0.492 e. The van der Waals surface area contributed by atoms with Crippen molar-refractivity contribution in [3.8, 4) is 5.75 Å². The van der Waals surface area contributed by atoms with Crippen molar-refractivity contribution in [1.29, 1.82) is 0 Å². The van der Waals surface area contributed by atoms with Gasteiger partial charge < -0.3 is 15.6 Å². The number of anilines is 1. The Bertz CT molecular complexity index is 578. The molecular weight excluding hydrogens is 287 g/mol. The van der Waals surface area contributed by atoms with Crippen LogP contribution in [0.3, 0.4) is 0 Å². The number of nitrogens with zero attached hydrogens (tertiary/aromatic N) is 1. The number of nitrogens with two attached hydrogens (primary N) is 1. The van der Waals surface area contributed by atoms with Crippen LogP contribution in [0.15, 0.2) is 17.0 Å². The molecule has 0 bridgehead atoms. The fourth-order valence-corrected chi connectivity index (χ4v) is 3.09. The van der Waals surface area contributed by atoms with Gasteiger partial charge in [0.15, 0.2) is 11.6 Å². The van der Waals surface area contributed by atoms with E-state index in [1.54, 1.807) is 13.8 Å². The fourth-order valence-electron chi connectivity index (χ4n) is 1.54. The standard InChI is InChI=1S/C12H19FN2O4S/c1-12(2,7-16)15(3)20(17,18)8-5-9(13)11(19-4)10(14)6-8/h5-6,16H,7,14H2,1-4H3. The molecule has 0 saturated heterocycles. The Balaban J connectivity index is 3.38. The monoisotopic (exact) mass is 306 g/mol. The third-order valence-corrected chi connectivity index (χ3v) is 5.19. The minimum Gasteiger partial charge on any atom is -0.492 e. The molecular formula is C12H19FN2O4S. The first-order chi connectivity index (χ1) is 9.07. The van der Waals surface area contributed by atoms with Crippen LogP contribution in [0.5, 0.6) is 5.75 Å². The lowest BCUT2D eigenvalue weighted by molar-refractivity contribution is 0.138. The van der Waals surface area contributed by atoms with Gasteiger partial charge in [-0.1, -0.05) is 0 Å². The summed E-state index contributed by atoms with van der Waals surface area (Å²) in [5, 5.41) is 9.24. The van der Waals surface area contributed by atoms with Crippen LogP contribution in [0.4, 0.5) is 10.1 Å². The van der Waals surface area contributed by atoms with Gasteiger partial charge in [0.2, 0.25) is 10.0 Å². The van der Waals surface area contributed by atoms with Gasteiger partial charge in [-0.2, -0.15) is 4.31 Å². The van der Waals surface area contributed by atoms with E-state index in [1.165, 1.54) is 14.2 Å². The number of halogens is 1. The summed E-state index contributed by atoms with van der Waals surface area (Å²) in [6.07, 6.45) is 0. The van der Waals surface area contributed by atoms with E-state index >= 15 is 0 Å². The van der Waals surface area contributed by atoms with Crippen molar-refractivity contribution < 1.29 is 22.7 Å². The number of aliphatic hydroxyl groups is 1. The minimum atomic E-state index is -3.98. The lowest BCUT2D eigenvalue weighted by atomic mass is 10.1. The molecule has 20 heavy (non-hydrogen) atoms. The summed E-state index contributed by atoms with van der Waals surface area (Å²) >= 11 is 0. The predicted molar refractivity (Wildman–Crippen MR) is 73.5 cm³/mol. The van der Waals surface area contributed by atoms with Gasteiger partial charge in [-0.25, -0.2) is 12.8 Å². The number of aliphatic hydroxyl groups excluding tert-OH is 1. The molecule has 0 spiro atoms. The number of hydrogen-bond donors (Lipinski definition) is 2. The van der Waals surface area contributed by atoms with Crippen LogP contribution in [0.25, 0.3) is 0 Å². The Morgan fingerprint density at radius 3 is 2.40 bits per heavy atom. The molecule has 6 nitrogen and oxygen atoms in total. The highest BCUT2D eigenvalue weighted by Crippen LogP contribution is 2.31. The average Bonchev–Trinajstić information content (AvgIpc) is 2.37. The molecule has 3 N–H and O–H groups in total. The number of benzene rings is 1. The van der Waals surface area contributed by atoms with Crippen molar-refractivity contribution in [3.63, 3.8) is 0 Å². The molecule has 1 rings (SSSR count). The van der Waals surface area contributed by atoms with E-state index in [2.05, 4.69) is 0 Å². The zero-order valence-electron chi connectivity index (χ0n) is 11.8. The number of methoxy groups -OCH3 is 1. The molecule has 0 unspecified atom stereocenters. The van der Waals surface area contributed by atoms with Crippen LogP contribution in [0, 0.1) is 5.82 Å². The molecule has 0 amide bonds. The van der Waals surface area contributed by atoms with Crippen molar-refractivity contribution in [1.82, 2.24) is 4.31 Å². The molecule has 0 aliphatic carbocycles. The van der Waals surface area contributed by atoms with E-state index in [0.717, 1.165) is 16.4 Å². The highest BCUT2D eigenvalue weighted by molar-refractivity contribution is 7.89. The SMILES string of the molecule is COc1c(N)cc(S(=O)(=O)N(C)C(C)(C)CO)cc1F. The van der Waals surface area contributed by atoms with E-state index in [1.807, 2.05) is 0 Å². The average molecular weight is 306 g/mol. The summed E-state index contributed by atoms with van der Waals surface area (Å²) in [7, 11) is -1.43. The second-order valence-corrected chi connectivity index (χ2v) is 6.94. The summed E-state index contributed by atoms with van der Waals surface area (Å²) in [5.74, 6) is -1.06. The maximum Gasteiger partial charge on any atom is 0.243 e. The van der Waals surface area contributed by atoms with Gasteiger partial charge in [-0.15, -0.1) is 0 Å². The van der Waals surface area contributed by atoms with Crippen molar-refractivity contribution in [2.75, 3.05) is 26.5 Å². The van der Waals surface area contributed by atoms with E-state index < -0.39 is 21.4 Å². The number of ether oxygens (including phenoxy) is 1. The number of rotatable bonds is 5. The fraction of sp³-hybridized carbons (Fsp3) is 0.500. The molecule has 114 valence electrons. The second kappa shape index (κ2) is 5.55. The van der Waals surface area contributed by atoms with Crippen LogP contribution >= 0.6 is 0 Å². The van der Waals surface area contributed by atoms with Crippen LogP contribution in [0.2, 0.25) is 0 Å². The Labute approximate surface area is 118 Å². The highest BCUT2D eigenvalue weighted by atomic mass is 32.2. The Hall–Kier alpha value is -1.38. The number of sulfonamides is 1. The van der Waals surface area contributed by atoms with Gasteiger partial charge >= 0.3 is 0 Å². The Kier molecular flexibility index (Phi) is 4.62. The summed E-state index contributed by atoms with van der Waals surface area (Å²) in [4.78, 5) is -0.294. The summed E-state index contributed by atoms with van der Waals surface area (Å²) in [6, 6.07) is 1.97. The van der Waals surface area contributed by atoms with E-state index in [0.29, 0.717) is 0 Å². The lowest BCUT2D eigenvalue weighted by Crippen LogP contribution is -2.47. The Morgan fingerprint density at radius 1 is 1.45 bits per heavy atom. The minimum absolute atomic E-state index is 0.110. The van der Waals surface area contributed by atoms with Crippen LogP contribution in [-0.2, 0) is 10.0 Å². The smallest absolute Gasteiger partial charge is 0.243 e. The van der Waals surface area contributed by atoms with Crippen molar-refractivity contribution >= 4 is 15.7 Å². The van der Waals surface area contributed by atoms with Crippen LogP contribution in [-0.4, -0.2) is 44.1 Å². The molecule has 0 aliphatic heterocycles. The molecule has 8 heteroatoms. The third kappa shape index (κ3) is 2.87.